The van der Waals surface area contributed by atoms with E-state index in [9.17, 15) is 0 Å². The summed E-state index contributed by atoms with van der Waals surface area (Å²) in [6, 6.07) is 4.34. The number of nitrogens with zero attached hydrogens (tertiary/aromatic N) is 1. The molecule has 0 bridgehead atoms. The predicted molar refractivity (Wildman–Crippen MR) is 44.2 cm³/mol. The van der Waals surface area contributed by atoms with E-state index in [1.54, 1.807) is 0 Å². The van der Waals surface area contributed by atoms with Gasteiger partial charge in [0.2, 0.25) is 0 Å². The molecule has 1 nitrogen and oxygen atoms in total. The first-order valence-corrected chi connectivity index (χ1v) is 3.88. The van der Waals surface area contributed by atoms with Crippen LogP contribution < -0.4 is 0 Å². The number of aryl methyl sites for hydroxylation is 2. The van der Waals surface area contributed by atoms with Crippen molar-refractivity contribution in [3.05, 3.63) is 23.5 Å². The lowest BCUT2D eigenvalue weighted by atomic mass is 10.4. The van der Waals surface area contributed by atoms with Gasteiger partial charge in [0.1, 0.15) is 0 Å². The average molecular weight is 137 g/mol. The van der Waals surface area contributed by atoms with Crippen LogP contribution in [0, 0.1) is 13.8 Å². The van der Waals surface area contributed by atoms with E-state index >= 15 is 0 Å². The van der Waals surface area contributed by atoms with Gasteiger partial charge in [-0.1, -0.05) is 6.92 Å². The molecule has 1 aromatic rings. The van der Waals surface area contributed by atoms with Gasteiger partial charge in [-0.25, -0.2) is 0 Å². The highest BCUT2D eigenvalue weighted by molar-refractivity contribution is 5.13. The van der Waals surface area contributed by atoms with Crippen LogP contribution in [0.1, 0.15) is 24.7 Å². The summed E-state index contributed by atoms with van der Waals surface area (Å²) in [5.74, 6) is 0. The summed E-state index contributed by atoms with van der Waals surface area (Å²) in [5.41, 5.74) is 2.75. The third kappa shape index (κ3) is 1.23. The van der Waals surface area contributed by atoms with Crippen molar-refractivity contribution in [1.82, 2.24) is 4.57 Å². The Labute approximate surface area is 62.7 Å². The number of rotatable bonds is 2. The van der Waals surface area contributed by atoms with Crippen LogP contribution in [0.3, 0.4) is 0 Å². The quantitative estimate of drug-likeness (QED) is 0.590. The Morgan fingerprint density at radius 1 is 1.20 bits per heavy atom. The molecule has 0 saturated carbocycles. The topological polar surface area (TPSA) is 4.93 Å². The van der Waals surface area contributed by atoms with E-state index < -0.39 is 0 Å². The van der Waals surface area contributed by atoms with E-state index in [1.165, 1.54) is 17.8 Å². The van der Waals surface area contributed by atoms with Gasteiger partial charge in [0.25, 0.3) is 0 Å². The molecule has 0 aliphatic rings. The van der Waals surface area contributed by atoms with Crippen LogP contribution in [0.15, 0.2) is 12.1 Å². The molecule has 0 atom stereocenters. The monoisotopic (exact) mass is 137 g/mol. The van der Waals surface area contributed by atoms with Gasteiger partial charge in [-0.2, -0.15) is 0 Å². The van der Waals surface area contributed by atoms with Crippen molar-refractivity contribution in [2.45, 2.75) is 33.7 Å². The maximum Gasteiger partial charge on any atom is 0.0222 e. The molecule has 0 unspecified atom stereocenters. The summed E-state index contributed by atoms with van der Waals surface area (Å²) in [4.78, 5) is 0. The summed E-state index contributed by atoms with van der Waals surface area (Å²) >= 11 is 0. The van der Waals surface area contributed by atoms with Gasteiger partial charge >= 0.3 is 0 Å². The molecular weight excluding hydrogens is 122 g/mol. The molecule has 1 rings (SSSR count). The fourth-order valence-corrected chi connectivity index (χ4v) is 1.28. The Morgan fingerprint density at radius 2 is 1.70 bits per heavy atom. The third-order valence-corrected chi connectivity index (χ3v) is 1.86. The summed E-state index contributed by atoms with van der Waals surface area (Å²) in [6.07, 6.45) is 1.22. The first-order valence-electron chi connectivity index (χ1n) is 3.88. The van der Waals surface area contributed by atoms with Crippen LogP contribution in [0.2, 0.25) is 0 Å². The molecule has 1 heteroatoms. The Kier molecular flexibility index (Phi) is 2.15. The van der Waals surface area contributed by atoms with Crippen molar-refractivity contribution in [1.29, 1.82) is 0 Å². The molecule has 0 spiro atoms. The zero-order valence-corrected chi connectivity index (χ0v) is 7.02. The van der Waals surface area contributed by atoms with Gasteiger partial charge in [-0.05, 0) is 32.4 Å². The van der Waals surface area contributed by atoms with Gasteiger partial charge in [-0.15, -0.1) is 0 Å². The van der Waals surface area contributed by atoms with Crippen LogP contribution in [0.25, 0.3) is 0 Å². The van der Waals surface area contributed by atoms with Crippen molar-refractivity contribution >= 4 is 0 Å². The molecule has 0 aliphatic heterocycles. The van der Waals surface area contributed by atoms with Crippen LogP contribution in [0.5, 0.6) is 0 Å². The minimum Gasteiger partial charge on any atom is -0.349 e. The molecule has 0 fully saturated rings. The lowest BCUT2D eigenvalue weighted by molar-refractivity contribution is 0.649. The molecule has 56 valence electrons. The minimum absolute atomic E-state index is 1.16. The summed E-state index contributed by atoms with van der Waals surface area (Å²) in [5, 5.41) is 0. The van der Waals surface area contributed by atoms with E-state index in [1.807, 2.05) is 0 Å². The van der Waals surface area contributed by atoms with Crippen LogP contribution in [0.4, 0.5) is 0 Å². The SMILES string of the molecule is CCCn1c(C)ccc1C. The first-order chi connectivity index (χ1) is 4.75. The van der Waals surface area contributed by atoms with E-state index in [4.69, 9.17) is 0 Å². The normalized spacial score (nSPS) is 10.3. The van der Waals surface area contributed by atoms with Gasteiger partial charge < -0.3 is 4.57 Å². The predicted octanol–water partition coefficient (Wildman–Crippen LogP) is 2.51. The lowest BCUT2D eigenvalue weighted by Crippen LogP contribution is -2.00. The largest absolute Gasteiger partial charge is 0.349 e. The molecule has 0 aliphatic carbocycles. The zero-order chi connectivity index (χ0) is 7.56. The Balaban J connectivity index is 2.87. The lowest BCUT2D eigenvalue weighted by Gasteiger charge is -2.05. The van der Waals surface area contributed by atoms with E-state index in [-0.39, 0.29) is 0 Å². The van der Waals surface area contributed by atoms with E-state index in [0.29, 0.717) is 0 Å². The summed E-state index contributed by atoms with van der Waals surface area (Å²) < 4.78 is 2.35. The number of aromatic nitrogens is 1. The van der Waals surface area contributed by atoms with Crippen molar-refractivity contribution in [3.8, 4) is 0 Å². The van der Waals surface area contributed by atoms with Gasteiger partial charge in [0.05, 0.1) is 0 Å². The molecule has 10 heavy (non-hydrogen) atoms. The van der Waals surface area contributed by atoms with Gasteiger partial charge in [0, 0.05) is 17.9 Å². The number of hydrogen-bond acceptors (Lipinski definition) is 0. The standard InChI is InChI=1S/C9H15N/c1-4-7-10-8(2)5-6-9(10)3/h5-6H,4,7H2,1-3H3. The van der Waals surface area contributed by atoms with Crippen molar-refractivity contribution in [2.24, 2.45) is 0 Å². The van der Waals surface area contributed by atoms with Crippen LogP contribution in [-0.4, -0.2) is 4.57 Å². The fraction of sp³-hybridized carbons (Fsp3) is 0.556. The molecule has 0 saturated heterocycles. The Bertz CT molecular complexity index is 191. The van der Waals surface area contributed by atoms with Crippen molar-refractivity contribution in [3.63, 3.8) is 0 Å². The van der Waals surface area contributed by atoms with Crippen LogP contribution in [-0.2, 0) is 6.54 Å². The second-order valence-corrected chi connectivity index (χ2v) is 2.77. The second kappa shape index (κ2) is 2.91. The maximum atomic E-state index is 2.35. The van der Waals surface area contributed by atoms with Crippen LogP contribution >= 0.6 is 0 Å². The second-order valence-electron chi connectivity index (χ2n) is 2.77. The minimum atomic E-state index is 1.16. The fourth-order valence-electron chi connectivity index (χ4n) is 1.28. The first kappa shape index (κ1) is 7.39. The van der Waals surface area contributed by atoms with E-state index in [2.05, 4.69) is 37.5 Å². The summed E-state index contributed by atoms with van der Waals surface area (Å²) in [6.45, 7) is 7.68. The summed E-state index contributed by atoms with van der Waals surface area (Å²) in [7, 11) is 0. The molecule has 0 N–H and O–H groups in total. The molecule has 1 aromatic heterocycles. The molecule has 0 amide bonds. The highest BCUT2D eigenvalue weighted by atomic mass is 15.0. The molecule has 1 heterocycles. The number of hydrogen-bond donors (Lipinski definition) is 0. The maximum absolute atomic E-state index is 2.35. The molecule has 0 radical (unpaired) electrons. The molecular formula is C9H15N. The van der Waals surface area contributed by atoms with Gasteiger partial charge in [-0.3, -0.25) is 0 Å². The average Bonchev–Trinajstić information content (AvgIpc) is 2.20. The zero-order valence-electron chi connectivity index (χ0n) is 7.02. The smallest absolute Gasteiger partial charge is 0.0222 e. The highest BCUT2D eigenvalue weighted by Gasteiger charge is 1.96. The Hall–Kier alpha value is -0.720. The Morgan fingerprint density at radius 3 is 2.10 bits per heavy atom. The van der Waals surface area contributed by atoms with Crippen molar-refractivity contribution in [2.75, 3.05) is 0 Å². The highest BCUT2D eigenvalue weighted by Crippen LogP contribution is 2.06. The van der Waals surface area contributed by atoms with Crippen molar-refractivity contribution < 1.29 is 0 Å². The molecule has 0 aromatic carbocycles. The third-order valence-electron chi connectivity index (χ3n) is 1.86. The van der Waals surface area contributed by atoms with Gasteiger partial charge in [0.15, 0.2) is 0 Å². The van der Waals surface area contributed by atoms with E-state index in [0.717, 1.165) is 6.54 Å².